The smallest absolute Gasteiger partial charge is 0.355 e. The highest BCUT2D eigenvalue weighted by atomic mass is 32.1. The van der Waals surface area contributed by atoms with Gasteiger partial charge in [0.2, 0.25) is 0 Å². The van der Waals surface area contributed by atoms with E-state index in [4.69, 9.17) is 0 Å². The summed E-state index contributed by atoms with van der Waals surface area (Å²) in [6.45, 7) is 3.94. The quantitative estimate of drug-likeness (QED) is 0.933. The Morgan fingerprint density at radius 3 is 2.68 bits per heavy atom. The molecule has 0 aliphatic heterocycles. The Kier molecular flexibility index (Phi) is 3.01. The number of aryl methyl sites for hydroxylation is 2. The lowest BCUT2D eigenvalue weighted by atomic mass is 9.83. The molecule has 3 rings (SSSR count). The van der Waals surface area contributed by atoms with E-state index < -0.39 is 5.97 Å². The van der Waals surface area contributed by atoms with E-state index in [1.54, 1.807) is 11.3 Å². The molecule has 0 saturated heterocycles. The van der Waals surface area contributed by atoms with Crippen molar-refractivity contribution < 1.29 is 9.90 Å². The fourth-order valence-electron chi connectivity index (χ4n) is 2.49. The van der Waals surface area contributed by atoms with Gasteiger partial charge in [-0.2, -0.15) is 0 Å². The zero-order chi connectivity index (χ0) is 13.6. The van der Waals surface area contributed by atoms with Gasteiger partial charge < -0.3 is 5.11 Å². The molecule has 0 bridgehead atoms. The average molecular weight is 276 g/mol. The van der Waals surface area contributed by atoms with Crippen molar-refractivity contribution in [2.75, 3.05) is 0 Å². The Morgan fingerprint density at radius 1 is 1.37 bits per heavy atom. The van der Waals surface area contributed by atoms with Crippen molar-refractivity contribution in [2.45, 2.75) is 39.5 Å². The summed E-state index contributed by atoms with van der Waals surface area (Å²) < 4.78 is 0. The summed E-state index contributed by atoms with van der Waals surface area (Å²) >= 11 is 1.56. The minimum absolute atomic E-state index is 0.168. The van der Waals surface area contributed by atoms with Crippen LogP contribution in [0.25, 0.3) is 10.2 Å². The fourth-order valence-corrected chi connectivity index (χ4v) is 3.54. The number of carboxylic acid groups (broad SMARTS) is 1. The van der Waals surface area contributed by atoms with Crippen LogP contribution < -0.4 is 0 Å². The molecule has 2 heterocycles. The number of carbonyl (C=O) groups is 1. The second-order valence-electron chi connectivity index (χ2n) is 5.26. The zero-order valence-corrected chi connectivity index (χ0v) is 11.9. The van der Waals surface area contributed by atoms with Crippen molar-refractivity contribution in [3.63, 3.8) is 0 Å². The van der Waals surface area contributed by atoms with Crippen molar-refractivity contribution in [3.8, 4) is 0 Å². The molecule has 0 aromatic carbocycles. The van der Waals surface area contributed by atoms with Crippen LogP contribution in [0.15, 0.2) is 0 Å². The second kappa shape index (κ2) is 4.56. The van der Waals surface area contributed by atoms with Crippen molar-refractivity contribution in [3.05, 3.63) is 22.0 Å². The van der Waals surface area contributed by atoms with Gasteiger partial charge in [-0.25, -0.2) is 14.8 Å². The predicted octanol–water partition coefficient (Wildman–Crippen LogP) is 3.35. The monoisotopic (exact) mass is 276 g/mol. The van der Waals surface area contributed by atoms with Gasteiger partial charge in [0.05, 0.1) is 0 Å². The molecular formula is C14H16N2O2S. The van der Waals surface area contributed by atoms with Crippen LogP contribution in [0.3, 0.4) is 0 Å². The maximum Gasteiger partial charge on any atom is 0.355 e. The van der Waals surface area contributed by atoms with Gasteiger partial charge in [0, 0.05) is 16.7 Å². The number of fused-ring (bicyclic) bond motifs is 1. The maximum absolute atomic E-state index is 11.4. The molecule has 1 fully saturated rings. The van der Waals surface area contributed by atoms with E-state index in [2.05, 4.69) is 9.97 Å². The molecule has 19 heavy (non-hydrogen) atoms. The van der Waals surface area contributed by atoms with Crippen molar-refractivity contribution in [1.82, 2.24) is 9.97 Å². The first kappa shape index (κ1) is 12.5. The first-order valence-electron chi connectivity index (χ1n) is 6.56. The summed E-state index contributed by atoms with van der Waals surface area (Å²) in [5.41, 5.74) is 1.16. The number of aromatic carboxylic acids is 1. The van der Waals surface area contributed by atoms with Crippen molar-refractivity contribution in [2.24, 2.45) is 5.92 Å². The molecule has 4 nitrogen and oxygen atoms in total. The number of hydrogen-bond acceptors (Lipinski definition) is 4. The van der Waals surface area contributed by atoms with Crippen LogP contribution >= 0.6 is 11.3 Å². The van der Waals surface area contributed by atoms with Crippen LogP contribution in [-0.4, -0.2) is 21.0 Å². The number of rotatable bonds is 3. The van der Waals surface area contributed by atoms with Crippen LogP contribution in [-0.2, 0) is 6.42 Å². The topological polar surface area (TPSA) is 63.1 Å². The Hall–Kier alpha value is -1.49. The Bertz CT molecular complexity index is 659. The molecule has 0 amide bonds. The normalized spacial score (nSPS) is 15.7. The third-order valence-electron chi connectivity index (χ3n) is 3.97. The van der Waals surface area contributed by atoms with Gasteiger partial charge in [-0.15, -0.1) is 11.3 Å². The highest BCUT2D eigenvalue weighted by Crippen LogP contribution is 2.33. The molecule has 1 aliphatic carbocycles. The van der Waals surface area contributed by atoms with E-state index in [0.29, 0.717) is 17.1 Å². The van der Waals surface area contributed by atoms with Crippen molar-refractivity contribution in [1.29, 1.82) is 0 Å². The molecular weight excluding hydrogens is 260 g/mol. The molecule has 0 atom stereocenters. The highest BCUT2D eigenvalue weighted by molar-refractivity contribution is 7.18. The van der Waals surface area contributed by atoms with Gasteiger partial charge in [-0.1, -0.05) is 19.3 Å². The number of thiophene rings is 1. The minimum atomic E-state index is -0.955. The standard InChI is InChI=1S/C14H16N2O2S/c1-7-8(2)19-13-11(7)12(14(17)18)15-10(16-13)6-9-4-3-5-9/h9H,3-6H2,1-2H3,(H,17,18). The van der Waals surface area contributed by atoms with Gasteiger partial charge in [0.1, 0.15) is 10.7 Å². The Morgan fingerprint density at radius 2 is 2.11 bits per heavy atom. The van der Waals surface area contributed by atoms with Gasteiger partial charge in [-0.3, -0.25) is 0 Å². The summed E-state index contributed by atoms with van der Waals surface area (Å²) in [6, 6.07) is 0. The van der Waals surface area contributed by atoms with Crippen molar-refractivity contribution >= 4 is 27.5 Å². The van der Waals surface area contributed by atoms with E-state index in [-0.39, 0.29) is 5.69 Å². The molecule has 5 heteroatoms. The molecule has 0 radical (unpaired) electrons. The summed E-state index contributed by atoms with van der Waals surface area (Å²) in [5, 5.41) is 10.1. The zero-order valence-electron chi connectivity index (χ0n) is 11.1. The lowest BCUT2D eigenvalue weighted by Crippen LogP contribution is -2.16. The molecule has 2 aromatic heterocycles. The number of aromatic nitrogens is 2. The van der Waals surface area contributed by atoms with E-state index in [1.165, 1.54) is 19.3 Å². The summed E-state index contributed by atoms with van der Waals surface area (Å²) in [4.78, 5) is 22.2. The summed E-state index contributed by atoms with van der Waals surface area (Å²) in [7, 11) is 0. The maximum atomic E-state index is 11.4. The molecule has 1 N–H and O–H groups in total. The van der Waals surface area contributed by atoms with Crippen LogP contribution in [0.5, 0.6) is 0 Å². The first-order chi connectivity index (χ1) is 9.06. The molecule has 0 spiro atoms. The van der Waals surface area contributed by atoms with Crippen LogP contribution in [0, 0.1) is 19.8 Å². The van der Waals surface area contributed by atoms with E-state index in [1.807, 2.05) is 13.8 Å². The first-order valence-corrected chi connectivity index (χ1v) is 7.38. The molecule has 2 aromatic rings. The third kappa shape index (κ3) is 2.12. The van der Waals surface area contributed by atoms with E-state index in [9.17, 15) is 9.90 Å². The van der Waals surface area contributed by atoms with Crippen LogP contribution in [0.4, 0.5) is 0 Å². The summed E-state index contributed by atoms with van der Waals surface area (Å²) in [5.74, 6) is 0.375. The van der Waals surface area contributed by atoms with Gasteiger partial charge in [0.25, 0.3) is 0 Å². The third-order valence-corrected chi connectivity index (χ3v) is 5.07. The Balaban J connectivity index is 2.12. The lowest BCUT2D eigenvalue weighted by Gasteiger charge is -2.24. The van der Waals surface area contributed by atoms with E-state index >= 15 is 0 Å². The average Bonchev–Trinajstić information content (AvgIpc) is 2.59. The highest BCUT2D eigenvalue weighted by Gasteiger charge is 2.23. The summed E-state index contributed by atoms with van der Waals surface area (Å²) in [6.07, 6.45) is 4.51. The minimum Gasteiger partial charge on any atom is -0.476 e. The lowest BCUT2D eigenvalue weighted by molar-refractivity contribution is 0.0692. The number of hydrogen-bond donors (Lipinski definition) is 1. The molecule has 1 saturated carbocycles. The van der Waals surface area contributed by atoms with E-state index in [0.717, 1.165) is 21.7 Å². The molecule has 1 aliphatic rings. The molecule has 0 unspecified atom stereocenters. The Labute approximate surface area is 115 Å². The van der Waals surface area contributed by atoms with Crippen LogP contribution in [0.2, 0.25) is 0 Å². The van der Waals surface area contributed by atoms with Gasteiger partial charge >= 0.3 is 5.97 Å². The van der Waals surface area contributed by atoms with Gasteiger partial charge in [0.15, 0.2) is 5.69 Å². The molecule has 100 valence electrons. The van der Waals surface area contributed by atoms with Gasteiger partial charge in [-0.05, 0) is 25.3 Å². The largest absolute Gasteiger partial charge is 0.476 e. The SMILES string of the molecule is Cc1sc2nc(CC3CCC3)nc(C(=O)O)c2c1C. The predicted molar refractivity (Wildman–Crippen MR) is 74.9 cm³/mol. The number of carboxylic acids is 1. The fraction of sp³-hybridized carbons (Fsp3) is 0.500. The second-order valence-corrected chi connectivity index (χ2v) is 6.46. The number of nitrogens with zero attached hydrogens (tertiary/aromatic N) is 2. The van der Waals surface area contributed by atoms with Crippen LogP contribution in [0.1, 0.15) is 46.0 Å².